The zero-order valence-electron chi connectivity index (χ0n) is 14.1. The maximum absolute atomic E-state index is 12.3. The van der Waals surface area contributed by atoms with Gasteiger partial charge in [-0.05, 0) is 66.0 Å². The molecule has 0 saturated heterocycles. The fourth-order valence-electron chi connectivity index (χ4n) is 2.10. The summed E-state index contributed by atoms with van der Waals surface area (Å²) in [7, 11) is 0. The van der Waals surface area contributed by atoms with E-state index in [1.807, 2.05) is 19.9 Å². The second kappa shape index (κ2) is 8.11. The maximum Gasteiger partial charge on any atom is 0.326 e. The van der Waals surface area contributed by atoms with Gasteiger partial charge in [-0.2, -0.15) is 0 Å². The summed E-state index contributed by atoms with van der Waals surface area (Å²) < 4.78 is 10.6. The number of ketones is 1. The van der Waals surface area contributed by atoms with Gasteiger partial charge >= 0.3 is 5.97 Å². The Balaban J connectivity index is 1.87. The summed E-state index contributed by atoms with van der Waals surface area (Å²) >= 11 is 3.08. The fraction of sp³-hybridized carbons (Fsp3) is 0.278. The van der Waals surface area contributed by atoms with Crippen molar-refractivity contribution in [1.29, 1.82) is 0 Å². The lowest BCUT2D eigenvalue weighted by Crippen LogP contribution is -2.34. The third-order valence-electron chi connectivity index (χ3n) is 3.66. The number of hydrogen-bond donors (Lipinski definition) is 1. The van der Waals surface area contributed by atoms with Crippen molar-refractivity contribution in [2.24, 2.45) is 0 Å². The van der Waals surface area contributed by atoms with Crippen molar-refractivity contribution in [3.05, 3.63) is 57.5 Å². The lowest BCUT2D eigenvalue weighted by molar-refractivity contribution is -0.145. The van der Waals surface area contributed by atoms with Crippen molar-refractivity contribution in [3.8, 4) is 0 Å². The SMILES string of the molecule is Cc1ccc(C(=O)[C@H](C)OC(=O)CNC(=O)c2ccc(Br)o2)cc1C. The summed E-state index contributed by atoms with van der Waals surface area (Å²) in [6.45, 7) is 5.00. The average Bonchev–Trinajstić information content (AvgIpc) is 3.01. The van der Waals surface area contributed by atoms with Crippen LogP contribution in [0.4, 0.5) is 0 Å². The molecule has 1 N–H and O–H groups in total. The molecule has 0 unspecified atom stereocenters. The Morgan fingerprint density at radius 1 is 1.16 bits per heavy atom. The Hall–Kier alpha value is -2.41. The number of halogens is 1. The van der Waals surface area contributed by atoms with E-state index in [0.29, 0.717) is 10.2 Å². The molecular weight excluding hydrogens is 390 g/mol. The van der Waals surface area contributed by atoms with Gasteiger partial charge in [0, 0.05) is 5.56 Å². The molecule has 25 heavy (non-hydrogen) atoms. The molecule has 0 aliphatic carbocycles. The third-order valence-corrected chi connectivity index (χ3v) is 4.09. The van der Waals surface area contributed by atoms with Gasteiger partial charge in [-0.1, -0.05) is 12.1 Å². The average molecular weight is 408 g/mol. The minimum Gasteiger partial charge on any atom is -0.453 e. The number of furan rings is 1. The van der Waals surface area contributed by atoms with Crippen LogP contribution in [-0.2, 0) is 9.53 Å². The summed E-state index contributed by atoms with van der Waals surface area (Å²) in [6, 6.07) is 8.34. The topological polar surface area (TPSA) is 85.6 Å². The maximum atomic E-state index is 12.3. The molecule has 1 aromatic heterocycles. The van der Waals surface area contributed by atoms with Gasteiger partial charge in [-0.25, -0.2) is 0 Å². The van der Waals surface area contributed by atoms with Crippen LogP contribution in [-0.4, -0.2) is 30.3 Å². The molecule has 1 heterocycles. The molecule has 6 nitrogen and oxygen atoms in total. The van der Waals surface area contributed by atoms with Crippen molar-refractivity contribution >= 4 is 33.6 Å². The van der Waals surface area contributed by atoms with E-state index in [1.165, 1.54) is 13.0 Å². The minimum absolute atomic E-state index is 0.0685. The highest BCUT2D eigenvalue weighted by Crippen LogP contribution is 2.14. The second-order valence-electron chi connectivity index (χ2n) is 5.58. The minimum atomic E-state index is -0.940. The van der Waals surface area contributed by atoms with Crippen LogP contribution in [0.5, 0.6) is 0 Å². The lowest BCUT2D eigenvalue weighted by atomic mass is 10.0. The van der Waals surface area contributed by atoms with Crippen LogP contribution in [0.15, 0.2) is 39.4 Å². The number of esters is 1. The normalized spacial score (nSPS) is 11.7. The van der Waals surface area contributed by atoms with Crippen LogP contribution < -0.4 is 5.32 Å². The van der Waals surface area contributed by atoms with Gasteiger partial charge in [0.25, 0.3) is 5.91 Å². The van der Waals surface area contributed by atoms with Gasteiger partial charge in [0.2, 0.25) is 5.78 Å². The zero-order chi connectivity index (χ0) is 18.6. The van der Waals surface area contributed by atoms with Crippen molar-refractivity contribution in [2.45, 2.75) is 26.9 Å². The Labute approximate surface area is 153 Å². The van der Waals surface area contributed by atoms with E-state index >= 15 is 0 Å². The summed E-state index contributed by atoms with van der Waals surface area (Å²) in [4.78, 5) is 35.9. The van der Waals surface area contributed by atoms with Crippen LogP contribution >= 0.6 is 15.9 Å². The first-order valence-corrected chi connectivity index (χ1v) is 8.41. The molecule has 0 bridgehead atoms. The Morgan fingerprint density at radius 2 is 1.88 bits per heavy atom. The number of ether oxygens (including phenoxy) is 1. The van der Waals surface area contributed by atoms with Gasteiger partial charge in [-0.15, -0.1) is 0 Å². The van der Waals surface area contributed by atoms with Crippen LogP contribution in [0.3, 0.4) is 0 Å². The van der Waals surface area contributed by atoms with Gasteiger partial charge < -0.3 is 14.5 Å². The zero-order valence-corrected chi connectivity index (χ0v) is 15.7. The highest BCUT2D eigenvalue weighted by molar-refractivity contribution is 9.10. The van der Waals surface area contributed by atoms with Crippen molar-refractivity contribution in [2.75, 3.05) is 6.54 Å². The molecule has 2 aromatic rings. The van der Waals surface area contributed by atoms with E-state index < -0.39 is 18.0 Å². The van der Waals surface area contributed by atoms with Gasteiger partial charge in [0.05, 0.1) is 0 Å². The van der Waals surface area contributed by atoms with E-state index in [1.54, 1.807) is 18.2 Å². The Morgan fingerprint density at radius 3 is 2.48 bits per heavy atom. The van der Waals surface area contributed by atoms with Crippen LogP contribution in [0.1, 0.15) is 39.0 Å². The smallest absolute Gasteiger partial charge is 0.326 e. The first-order chi connectivity index (χ1) is 11.8. The van der Waals surface area contributed by atoms with E-state index in [0.717, 1.165) is 11.1 Å². The van der Waals surface area contributed by atoms with Gasteiger partial charge in [0.1, 0.15) is 6.54 Å². The fourth-order valence-corrected chi connectivity index (χ4v) is 2.40. The molecule has 7 heteroatoms. The van der Waals surface area contributed by atoms with Crippen LogP contribution in [0.2, 0.25) is 0 Å². The van der Waals surface area contributed by atoms with Crippen LogP contribution in [0, 0.1) is 13.8 Å². The quantitative estimate of drug-likeness (QED) is 0.586. The monoisotopic (exact) mass is 407 g/mol. The predicted octanol–water partition coefficient (Wildman–Crippen LogP) is 3.20. The highest BCUT2D eigenvalue weighted by atomic mass is 79.9. The largest absolute Gasteiger partial charge is 0.453 e. The standard InChI is InChI=1S/C18H18BrNO5/c1-10-4-5-13(8-11(10)2)17(22)12(3)24-16(21)9-20-18(23)14-6-7-15(19)25-14/h4-8,12H,9H2,1-3H3,(H,20,23)/t12-/m0/s1. The molecule has 0 fully saturated rings. The number of hydrogen-bond acceptors (Lipinski definition) is 5. The molecule has 1 aromatic carbocycles. The van der Waals surface area contributed by atoms with E-state index in [4.69, 9.17) is 9.15 Å². The molecule has 1 atom stereocenters. The summed E-state index contributed by atoms with van der Waals surface area (Å²) in [5, 5.41) is 2.37. The second-order valence-corrected chi connectivity index (χ2v) is 6.36. The molecule has 132 valence electrons. The molecule has 0 spiro atoms. The molecule has 0 aliphatic rings. The predicted molar refractivity (Wildman–Crippen MR) is 94.5 cm³/mol. The third kappa shape index (κ3) is 5.03. The van der Waals surface area contributed by atoms with E-state index in [-0.39, 0.29) is 18.1 Å². The Bertz CT molecular complexity index is 812. The number of Topliss-reactive ketones (excluding diaryl/α,β-unsaturated/α-hetero) is 1. The number of benzene rings is 1. The van der Waals surface area contributed by atoms with E-state index in [2.05, 4.69) is 21.2 Å². The molecule has 1 amide bonds. The summed E-state index contributed by atoms with van der Waals surface area (Å²) in [5.74, 6) is -1.48. The van der Waals surface area contributed by atoms with Gasteiger partial charge in [0.15, 0.2) is 16.5 Å². The summed E-state index contributed by atoms with van der Waals surface area (Å²) in [5.41, 5.74) is 2.54. The van der Waals surface area contributed by atoms with Gasteiger partial charge in [-0.3, -0.25) is 14.4 Å². The highest BCUT2D eigenvalue weighted by Gasteiger charge is 2.20. The van der Waals surface area contributed by atoms with Crippen molar-refractivity contribution in [1.82, 2.24) is 5.32 Å². The molecule has 0 saturated carbocycles. The van der Waals surface area contributed by atoms with Crippen molar-refractivity contribution in [3.63, 3.8) is 0 Å². The first-order valence-electron chi connectivity index (χ1n) is 7.62. The number of aryl methyl sites for hydroxylation is 2. The van der Waals surface area contributed by atoms with Crippen molar-refractivity contribution < 1.29 is 23.5 Å². The number of amides is 1. The van der Waals surface area contributed by atoms with Crippen LogP contribution in [0.25, 0.3) is 0 Å². The molecule has 0 aliphatic heterocycles. The molecular formula is C18H18BrNO5. The number of carbonyl (C=O) groups is 3. The number of carbonyl (C=O) groups excluding carboxylic acids is 3. The van der Waals surface area contributed by atoms with E-state index in [9.17, 15) is 14.4 Å². The Kier molecular flexibility index (Phi) is 6.14. The number of rotatable bonds is 6. The first kappa shape index (κ1) is 18.9. The summed E-state index contributed by atoms with van der Waals surface area (Å²) in [6.07, 6.45) is -0.940. The molecule has 0 radical (unpaired) electrons. The molecule has 2 rings (SSSR count). The lowest BCUT2D eigenvalue weighted by Gasteiger charge is -2.13. The number of nitrogens with one attached hydrogen (secondary N) is 1.